The van der Waals surface area contributed by atoms with Crippen molar-refractivity contribution in [2.45, 2.75) is 32.2 Å². The third-order valence-corrected chi connectivity index (χ3v) is 3.52. The number of piperidine rings is 1. The number of hydrogen-bond acceptors (Lipinski definition) is 5. The van der Waals surface area contributed by atoms with Crippen molar-refractivity contribution in [2.75, 3.05) is 25.1 Å². The highest BCUT2D eigenvalue weighted by Gasteiger charge is 2.16. The van der Waals surface area contributed by atoms with E-state index in [-0.39, 0.29) is 11.9 Å². The minimum Gasteiger partial charge on any atom is -0.347 e. The quantitative estimate of drug-likeness (QED) is 0.552. The number of likely N-dealkylation sites (tertiary alicyclic amines) is 1. The number of aromatic nitrogens is 1. The van der Waals surface area contributed by atoms with Gasteiger partial charge >= 0.3 is 0 Å². The van der Waals surface area contributed by atoms with E-state index in [1.807, 2.05) is 6.92 Å². The fraction of sp³-hybridized carbons (Fsp3) is 0.571. The average Bonchev–Trinajstić information content (AvgIpc) is 2.48. The predicted octanol–water partition coefficient (Wildman–Crippen LogP) is 0.971. The van der Waals surface area contributed by atoms with E-state index in [9.17, 15) is 4.79 Å². The van der Waals surface area contributed by atoms with Crippen LogP contribution in [0.15, 0.2) is 18.3 Å². The van der Waals surface area contributed by atoms with Gasteiger partial charge in [-0.25, -0.2) is 0 Å². The number of nitrogens with two attached hydrogens (primary N) is 1. The van der Waals surface area contributed by atoms with E-state index in [0.29, 0.717) is 11.4 Å². The number of carbonyl (C=O) groups is 1. The molecule has 0 spiro atoms. The van der Waals surface area contributed by atoms with E-state index in [2.05, 4.69) is 20.6 Å². The van der Waals surface area contributed by atoms with E-state index in [4.69, 9.17) is 5.84 Å². The molecule has 0 aromatic carbocycles. The highest BCUT2D eigenvalue weighted by Crippen LogP contribution is 2.09. The van der Waals surface area contributed by atoms with Gasteiger partial charge in [0.1, 0.15) is 5.69 Å². The molecule has 1 fully saturated rings. The standard InChI is InChI=1S/C14H23N5O/c1-11(10-19-7-3-2-4-8-19)17-14(20)13-9-12(18-15)5-6-16-13/h5-6,9,11H,2-4,7-8,10,15H2,1H3,(H,16,18)(H,17,20). The second-order valence-electron chi connectivity index (χ2n) is 5.31. The smallest absolute Gasteiger partial charge is 0.270 e. The molecular weight excluding hydrogens is 254 g/mol. The molecule has 110 valence electrons. The van der Waals surface area contributed by atoms with Crippen molar-refractivity contribution in [3.8, 4) is 0 Å². The van der Waals surface area contributed by atoms with Crippen molar-refractivity contribution in [1.29, 1.82) is 0 Å². The molecular formula is C14H23N5O. The van der Waals surface area contributed by atoms with Crippen molar-refractivity contribution in [3.63, 3.8) is 0 Å². The Morgan fingerprint density at radius 3 is 2.90 bits per heavy atom. The largest absolute Gasteiger partial charge is 0.347 e. The molecule has 1 aliphatic rings. The fourth-order valence-corrected chi connectivity index (χ4v) is 2.52. The lowest BCUT2D eigenvalue weighted by Crippen LogP contribution is -2.43. The van der Waals surface area contributed by atoms with Crippen molar-refractivity contribution < 1.29 is 4.79 Å². The summed E-state index contributed by atoms with van der Waals surface area (Å²) in [6.07, 6.45) is 5.40. The number of amides is 1. The third kappa shape index (κ3) is 4.18. The monoisotopic (exact) mass is 277 g/mol. The maximum Gasteiger partial charge on any atom is 0.270 e. The molecule has 1 atom stereocenters. The molecule has 6 heteroatoms. The van der Waals surface area contributed by atoms with Crippen molar-refractivity contribution in [3.05, 3.63) is 24.0 Å². The van der Waals surface area contributed by atoms with Crippen LogP contribution in [0.3, 0.4) is 0 Å². The summed E-state index contributed by atoms with van der Waals surface area (Å²) in [6.45, 7) is 5.17. The van der Waals surface area contributed by atoms with Crippen LogP contribution in [0.1, 0.15) is 36.7 Å². The molecule has 20 heavy (non-hydrogen) atoms. The number of hydrazine groups is 1. The van der Waals surface area contributed by atoms with Crippen LogP contribution < -0.4 is 16.6 Å². The maximum absolute atomic E-state index is 12.1. The van der Waals surface area contributed by atoms with E-state index < -0.39 is 0 Å². The molecule has 6 nitrogen and oxygen atoms in total. The maximum atomic E-state index is 12.1. The summed E-state index contributed by atoms with van der Waals surface area (Å²) in [7, 11) is 0. The molecule has 1 saturated heterocycles. The molecule has 2 heterocycles. The Kier molecular flexibility index (Phi) is 5.31. The van der Waals surface area contributed by atoms with Crippen molar-refractivity contribution >= 4 is 11.6 Å². The average molecular weight is 277 g/mol. The number of hydrogen-bond donors (Lipinski definition) is 3. The van der Waals surface area contributed by atoms with Crippen LogP contribution >= 0.6 is 0 Å². The van der Waals surface area contributed by atoms with E-state index >= 15 is 0 Å². The molecule has 0 saturated carbocycles. The van der Waals surface area contributed by atoms with E-state index in [1.54, 1.807) is 18.3 Å². The Morgan fingerprint density at radius 2 is 2.20 bits per heavy atom. The van der Waals surface area contributed by atoms with Gasteiger partial charge in [-0.3, -0.25) is 15.6 Å². The zero-order valence-electron chi connectivity index (χ0n) is 11.9. The Morgan fingerprint density at radius 1 is 1.45 bits per heavy atom. The molecule has 1 amide bonds. The molecule has 4 N–H and O–H groups in total. The second-order valence-corrected chi connectivity index (χ2v) is 5.31. The van der Waals surface area contributed by atoms with Crippen LogP contribution in [0.25, 0.3) is 0 Å². The first-order chi connectivity index (χ1) is 9.69. The zero-order valence-corrected chi connectivity index (χ0v) is 11.9. The van der Waals surface area contributed by atoms with Gasteiger partial charge in [0.25, 0.3) is 5.91 Å². The summed E-state index contributed by atoms with van der Waals surface area (Å²) in [5, 5.41) is 2.98. The lowest BCUT2D eigenvalue weighted by Gasteiger charge is -2.29. The summed E-state index contributed by atoms with van der Waals surface area (Å²) in [6, 6.07) is 3.47. The summed E-state index contributed by atoms with van der Waals surface area (Å²) < 4.78 is 0. The fourth-order valence-electron chi connectivity index (χ4n) is 2.52. The first-order valence-electron chi connectivity index (χ1n) is 7.15. The van der Waals surface area contributed by atoms with Gasteiger partial charge in [0.2, 0.25) is 0 Å². The molecule has 1 aromatic rings. The number of pyridine rings is 1. The number of anilines is 1. The number of rotatable bonds is 5. The molecule has 1 aromatic heterocycles. The van der Waals surface area contributed by atoms with Gasteiger partial charge in [-0.2, -0.15) is 0 Å². The van der Waals surface area contributed by atoms with Gasteiger partial charge in [-0.15, -0.1) is 0 Å². The first-order valence-corrected chi connectivity index (χ1v) is 7.15. The van der Waals surface area contributed by atoms with Crippen molar-refractivity contribution in [1.82, 2.24) is 15.2 Å². The van der Waals surface area contributed by atoms with E-state index in [0.717, 1.165) is 19.6 Å². The SMILES string of the molecule is CC(CN1CCCCC1)NC(=O)c1cc(NN)ccn1. The summed E-state index contributed by atoms with van der Waals surface area (Å²) in [5.74, 6) is 5.17. The lowest BCUT2D eigenvalue weighted by molar-refractivity contribution is 0.0920. The highest BCUT2D eigenvalue weighted by molar-refractivity contribution is 5.93. The first kappa shape index (κ1) is 14.7. The Balaban J connectivity index is 1.86. The summed E-state index contributed by atoms with van der Waals surface area (Å²) in [5.41, 5.74) is 3.57. The molecule has 0 aliphatic carbocycles. The highest BCUT2D eigenvalue weighted by atomic mass is 16.1. The molecule has 1 aliphatic heterocycles. The number of carbonyl (C=O) groups excluding carboxylic acids is 1. The third-order valence-electron chi connectivity index (χ3n) is 3.52. The minimum atomic E-state index is -0.161. The molecule has 0 radical (unpaired) electrons. The van der Waals surface area contributed by atoms with Gasteiger partial charge in [0.05, 0.1) is 5.69 Å². The molecule has 0 bridgehead atoms. The predicted molar refractivity (Wildman–Crippen MR) is 79.3 cm³/mol. The lowest BCUT2D eigenvalue weighted by atomic mass is 10.1. The van der Waals surface area contributed by atoms with E-state index in [1.165, 1.54) is 19.3 Å². The van der Waals surface area contributed by atoms with Gasteiger partial charge < -0.3 is 15.6 Å². The van der Waals surface area contributed by atoms with Crippen LogP contribution in [0.5, 0.6) is 0 Å². The topological polar surface area (TPSA) is 83.3 Å². The van der Waals surface area contributed by atoms with Crippen LogP contribution in [0.2, 0.25) is 0 Å². The second kappa shape index (κ2) is 7.21. The number of nitrogen functional groups attached to an aromatic ring is 1. The zero-order chi connectivity index (χ0) is 14.4. The molecule has 2 rings (SSSR count). The van der Waals surface area contributed by atoms with Gasteiger partial charge in [-0.1, -0.05) is 6.42 Å². The number of nitrogens with zero attached hydrogens (tertiary/aromatic N) is 2. The minimum absolute atomic E-state index is 0.108. The van der Waals surface area contributed by atoms with Gasteiger partial charge in [0.15, 0.2) is 0 Å². The van der Waals surface area contributed by atoms with Crippen LogP contribution in [-0.2, 0) is 0 Å². The van der Waals surface area contributed by atoms with Gasteiger partial charge in [-0.05, 0) is 45.0 Å². The van der Waals surface area contributed by atoms with Crippen LogP contribution in [-0.4, -0.2) is 41.5 Å². The molecule has 1 unspecified atom stereocenters. The Labute approximate surface area is 119 Å². The van der Waals surface area contributed by atoms with Crippen LogP contribution in [0, 0.1) is 0 Å². The van der Waals surface area contributed by atoms with Crippen molar-refractivity contribution in [2.24, 2.45) is 5.84 Å². The number of nitrogens with one attached hydrogen (secondary N) is 2. The van der Waals surface area contributed by atoms with Gasteiger partial charge in [0, 0.05) is 18.8 Å². The van der Waals surface area contributed by atoms with Crippen LogP contribution in [0.4, 0.5) is 5.69 Å². The summed E-state index contributed by atoms with van der Waals surface area (Å²) in [4.78, 5) is 18.6. The summed E-state index contributed by atoms with van der Waals surface area (Å²) >= 11 is 0. The Bertz CT molecular complexity index is 445. The Hall–Kier alpha value is -1.66. The normalized spacial score (nSPS) is 17.5.